The molecule has 0 aliphatic carbocycles. The Kier molecular flexibility index (Phi) is 2.10. The average Bonchev–Trinajstić information content (AvgIpc) is 2.40. The Labute approximate surface area is 58.9 Å². The zero-order valence-corrected chi connectivity index (χ0v) is 5.45. The zero-order valence-electron chi connectivity index (χ0n) is 5.45. The first-order valence-corrected chi connectivity index (χ1v) is 2.94. The lowest BCUT2D eigenvalue weighted by Gasteiger charge is -2.06. The minimum absolute atomic E-state index is 0.0753. The van der Waals surface area contributed by atoms with Gasteiger partial charge < -0.3 is 9.47 Å². The lowest BCUT2D eigenvalue weighted by molar-refractivity contribution is -0.121. The maximum absolute atomic E-state index is 10.7. The van der Waals surface area contributed by atoms with Crippen LogP contribution in [0.5, 0.6) is 0 Å². The SMILES string of the molecule is C=CC(=O)CC1OC=CO1. The van der Waals surface area contributed by atoms with Crippen molar-refractivity contribution in [3.8, 4) is 0 Å². The van der Waals surface area contributed by atoms with Crippen LogP contribution in [0.25, 0.3) is 0 Å². The molecule has 1 aliphatic rings. The van der Waals surface area contributed by atoms with Gasteiger partial charge in [-0.3, -0.25) is 4.79 Å². The fraction of sp³-hybridized carbons (Fsp3) is 0.286. The second kappa shape index (κ2) is 3.06. The summed E-state index contributed by atoms with van der Waals surface area (Å²) in [6.45, 7) is 3.32. The van der Waals surface area contributed by atoms with E-state index in [1.165, 1.54) is 18.6 Å². The predicted octanol–water partition coefficient (Wildman–Crippen LogP) is 0.976. The highest BCUT2D eigenvalue weighted by Crippen LogP contribution is 2.09. The second-order valence-corrected chi connectivity index (χ2v) is 1.85. The van der Waals surface area contributed by atoms with Crippen molar-refractivity contribution in [2.45, 2.75) is 12.7 Å². The summed E-state index contributed by atoms with van der Waals surface area (Å²) in [5.74, 6) is -0.0753. The molecule has 1 aliphatic heterocycles. The number of carbonyl (C=O) groups is 1. The molecule has 0 amide bonds. The summed E-state index contributed by atoms with van der Waals surface area (Å²) in [4.78, 5) is 10.7. The first kappa shape index (κ1) is 6.86. The van der Waals surface area contributed by atoms with E-state index in [1.807, 2.05) is 0 Å². The third-order valence-electron chi connectivity index (χ3n) is 1.11. The monoisotopic (exact) mass is 140 g/mol. The van der Waals surface area contributed by atoms with E-state index < -0.39 is 6.29 Å². The maximum Gasteiger partial charge on any atom is 0.246 e. The van der Waals surface area contributed by atoms with Crippen LogP contribution in [0.4, 0.5) is 0 Å². The van der Waals surface area contributed by atoms with Crippen molar-refractivity contribution >= 4 is 5.78 Å². The molecule has 0 aromatic heterocycles. The Morgan fingerprint density at radius 1 is 1.60 bits per heavy atom. The van der Waals surface area contributed by atoms with Gasteiger partial charge in [-0.1, -0.05) is 6.58 Å². The van der Waals surface area contributed by atoms with Crippen molar-refractivity contribution in [3.63, 3.8) is 0 Å². The molecule has 0 aromatic rings. The first-order valence-electron chi connectivity index (χ1n) is 2.94. The van der Waals surface area contributed by atoms with Gasteiger partial charge >= 0.3 is 0 Å². The molecule has 0 aromatic carbocycles. The van der Waals surface area contributed by atoms with Crippen molar-refractivity contribution < 1.29 is 14.3 Å². The first-order chi connectivity index (χ1) is 4.83. The van der Waals surface area contributed by atoms with Crippen molar-refractivity contribution in [2.75, 3.05) is 0 Å². The molecule has 0 radical (unpaired) electrons. The molecule has 0 bridgehead atoms. The van der Waals surface area contributed by atoms with Crippen LogP contribution in [0, 0.1) is 0 Å². The highest BCUT2D eigenvalue weighted by atomic mass is 16.7. The summed E-state index contributed by atoms with van der Waals surface area (Å²) in [7, 11) is 0. The molecular formula is C7H8O3. The van der Waals surface area contributed by atoms with E-state index in [4.69, 9.17) is 9.47 Å². The molecule has 0 fully saturated rings. The molecule has 1 rings (SSSR count). The average molecular weight is 140 g/mol. The fourth-order valence-electron chi connectivity index (χ4n) is 0.615. The van der Waals surface area contributed by atoms with Gasteiger partial charge in [-0.05, 0) is 6.08 Å². The largest absolute Gasteiger partial charge is 0.459 e. The van der Waals surface area contributed by atoms with Gasteiger partial charge in [0.25, 0.3) is 0 Å². The highest BCUT2D eigenvalue weighted by Gasteiger charge is 2.14. The summed E-state index contributed by atoms with van der Waals surface area (Å²) in [5.41, 5.74) is 0. The highest BCUT2D eigenvalue weighted by molar-refractivity contribution is 5.89. The number of hydrogen-bond acceptors (Lipinski definition) is 3. The fourth-order valence-corrected chi connectivity index (χ4v) is 0.615. The Morgan fingerprint density at radius 2 is 2.20 bits per heavy atom. The molecule has 0 saturated heterocycles. The van der Waals surface area contributed by atoms with E-state index in [9.17, 15) is 4.79 Å². The van der Waals surface area contributed by atoms with E-state index >= 15 is 0 Å². The van der Waals surface area contributed by atoms with E-state index in [0.29, 0.717) is 0 Å². The van der Waals surface area contributed by atoms with Crippen molar-refractivity contribution in [3.05, 3.63) is 25.2 Å². The summed E-state index contributed by atoms with van der Waals surface area (Å²) in [6.07, 6.45) is 3.88. The minimum atomic E-state index is -0.439. The smallest absolute Gasteiger partial charge is 0.246 e. The predicted molar refractivity (Wildman–Crippen MR) is 34.9 cm³/mol. The van der Waals surface area contributed by atoms with Crippen LogP contribution in [0.3, 0.4) is 0 Å². The quantitative estimate of drug-likeness (QED) is 0.548. The van der Waals surface area contributed by atoms with E-state index in [2.05, 4.69) is 6.58 Å². The van der Waals surface area contributed by atoms with Gasteiger partial charge in [0.05, 0.1) is 6.42 Å². The van der Waals surface area contributed by atoms with Crippen molar-refractivity contribution in [1.82, 2.24) is 0 Å². The van der Waals surface area contributed by atoms with Gasteiger partial charge in [0.2, 0.25) is 6.29 Å². The molecule has 0 N–H and O–H groups in total. The number of ketones is 1. The van der Waals surface area contributed by atoms with Crippen LogP contribution in [0.15, 0.2) is 25.2 Å². The molecule has 54 valence electrons. The van der Waals surface area contributed by atoms with Crippen molar-refractivity contribution in [1.29, 1.82) is 0 Å². The van der Waals surface area contributed by atoms with E-state index in [-0.39, 0.29) is 12.2 Å². The van der Waals surface area contributed by atoms with Crippen LogP contribution < -0.4 is 0 Å². The molecule has 3 heteroatoms. The standard InChI is InChI=1S/C7H8O3/c1-2-6(8)5-7-9-3-4-10-7/h2-4,7H,1,5H2. The number of rotatable bonds is 3. The Balaban J connectivity index is 2.26. The Morgan fingerprint density at radius 3 is 2.70 bits per heavy atom. The van der Waals surface area contributed by atoms with Gasteiger partial charge in [-0.2, -0.15) is 0 Å². The summed E-state index contributed by atoms with van der Waals surface area (Å²) >= 11 is 0. The molecule has 0 atom stereocenters. The van der Waals surface area contributed by atoms with Crippen LogP contribution in [0.1, 0.15) is 6.42 Å². The van der Waals surface area contributed by atoms with E-state index in [0.717, 1.165) is 0 Å². The van der Waals surface area contributed by atoms with Crippen molar-refractivity contribution in [2.24, 2.45) is 0 Å². The molecule has 0 unspecified atom stereocenters. The third kappa shape index (κ3) is 1.62. The maximum atomic E-state index is 10.7. The van der Waals surface area contributed by atoms with Gasteiger partial charge in [0.15, 0.2) is 5.78 Å². The second-order valence-electron chi connectivity index (χ2n) is 1.85. The summed E-state index contributed by atoms with van der Waals surface area (Å²) in [6, 6.07) is 0. The van der Waals surface area contributed by atoms with Crippen LogP contribution in [-0.2, 0) is 14.3 Å². The number of hydrogen-bond donors (Lipinski definition) is 0. The topological polar surface area (TPSA) is 35.5 Å². The summed E-state index contributed by atoms with van der Waals surface area (Å²) < 4.78 is 9.71. The number of allylic oxidation sites excluding steroid dienone is 1. The van der Waals surface area contributed by atoms with Gasteiger partial charge in [-0.25, -0.2) is 0 Å². The summed E-state index contributed by atoms with van der Waals surface area (Å²) in [5, 5.41) is 0. The molecule has 3 nitrogen and oxygen atoms in total. The normalized spacial score (nSPS) is 16.0. The van der Waals surface area contributed by atoms with Gasteiger partial charge in [0.1, 0.15) is 12.5 Å². The minimum Gasteiger partial charge on any atom is -0.459 e. The Bertz CT molecular complexity index is 164. The molecule has 0 saturated carbocycles. The van der Waals surface area contributed by atoms with E-state index in [1.54, 1.807) is 0 Å². The van der Waals surface area contributed by atoms with Gasteiger partial charge in [0, 0.05) is 0 Å². The lowest BCUT2D eigenvalue weighted by Crippen LogP contribution is -2.11. The number of carbonyl (C=O) groups excluding carboxylic acids is 1. The molecule has 0 spiro atoms. The van der Waals surface area contributed by atoms with Crippen LogP contribution in [0.2, 0.25) is 0 Å². The third-order valence-corrected chi connectivity index (χ3v) is 1.11. The molecule has 1 heterocycles. The molecule has 10 heavy (non-hydrogen) atoms. The van der Waals surface area contributed by atoms with Crippen LogP contribution in [-0.4, -0.2) is 12.1 Å². The number of ether oxygens (including phenoxy) is 2. The lowest BCUT2D eigenvalue weighted by atomic mass is 10.3. The molecular weight excluding hydrogens is 132 g/mol. The van der Waals surface area contributed by atoms with Crippen LogP contribution >= 0.6 is 0 Å². The van der Waals surface area contributed by atoms with Gasteiger partial charge in [-0.15, -0.1) is 0 Å². The zero-order chi connectivity index (χ0) is 7.40. The Hall–Kier alpha value is -1.25.